The lowest BCUT2D eigenvalue weighted by molar-refractivity contribution is -0.143. The van der Waals surface area contributed by atoms with Gasteiger partial charge in [0.15, 0.2) is 5.13 Å². The maximum Gasteiger partial charge on any atom is 0.306 e. The van der Waals surface area contributed by atoms with Crippen molar-refractivity contribution in [2.24, 2.45) is 0 Å². The number of nitrogens with zero attached hydrogens (tertiary/aromatic N) is 3. The van der Waals surface area contributed by atoms with E-state index >= 15 is 0 Å². The van der Waals surface area contributed by atoms with E-state index in [1.807, 2.05) is 43.3 Å². The Labute approximate surface area is 226 Å². The molecule has 0 amide bonds. The first-order chi connectivity index (χ1) is 18.5. The van der Waals surface area contributed by atoms with Gasteiger partial charge >= 0.3 is 5.97 Å². The van der Waals surface area contributed by atoms with Crippen LogP contribution in [0.3, 0.4) is 0 Å². The van der Waals surface area contributed by atoms with Crippen molar-refractivity contribution in [2.45, 2.75) is 64.0 Å². The molecular formula is C29H33N5O3S. The normalized spacial score (nSPS) is 17.3. The second-order valence-corrected chi connectivity index (χ2v) is 10.7. The molecule has 38 heavy (non-hydrogen) atoms. The summed E-state index contributed by atoms with van der Waals surface area (Å²) >= 11 is 1.56. The zero-order chi connectivity index (χ0) is 26.3. The molecule has 0 unspecified atom stereocenters. The monoisotopic (exact) mass is 531 g/mol. The fraction of sp³-hybridized carbons (Fsp3) is 0.379. The predicted octanol–water partition coefficient (Wildman–Crippen LogP) is 5.63. The Kier molecular flexibility index (Phi) is 8.45. The molecule has 1 aliphatic rings. The third-order valence-corrected chi connectivity index (χ3v) is 7.58. The zero-order valence-electron chi connectivity index (χ0n) is 21.5. The molecule has 1 fully saturated rings. The molecule has 0 radical (unpaired) electrons. The number of benzene rings is 2. The van der Waals surface area contributed by atoms with E-state index in [4.69, 9.17) is 19.7 Å². The summed E-state index contributed by atoms with van der Waals surface area (Å²) in [5, 5.41) is 17.5. The number of carbonyl (C=O) groups is 1. The van der Waals surface area contributed by atoms with Crippen LogP contribution in [0, 0.1) is 0 Å². The number of carbonyl (C=O) groups excluding carboxylic acids is 1. The molecule has 0 spiro atoms. The van der Waals surface area contributed by atoms with Crippen molar-refractivity contribution >= 4 is 44.4 Å². The van der Waals surface area contributed by atoms with Gasteiger partial charge in [-0.1, -0.05) is 47.7 Å². The van der Waals surface area contributed by atoms with Gasteiger partial charge < -0.3 is 20.5 Å². The number of aromatic nitrogens is 3. The van der Waals surface area contributed by atoms with Crippen molar-refractivity contribution in [1.29, 1.82) is 0 Å². The maximum atomic E-state index is 11.7. The van der Waals surface area contributed by atoms with Crippen LogP contribution in [0.4, 0.5) is 16.9 Å². The van der Waals surface area contributed by atoms with Crippen molar-refractivity contribution in [3.8, 4) is 0 Å². The zero-order valence-corrected chi connectivity index (χ0v) is 22.3. The molecule has 9 heteroatoms. The highest BCUT2D eigenvalue weighted by atomic mass is 32.1. The SMILES string of the molecule is CCOC(=O)CCc1ccc2nc(Nc3cc(Cc4ccccc4)nc(N[C@H]4CC[C@H](O)CC4)n3)sc2c1. The lowest BCUT2D eigenvalue weighted by atomic mass is 9.93. The largest absolute Gasteiger partial charge is 0.466 e. The Hall–Kier alpha value is -3.56. The van der Waals surface area contributed by atoms with Crippen LogP contribution in [0.5, 0.6) is 0 Å². The van der Waals surface area contributed by atoms with Gasteiger partial charge in [-0.2, -0.15) is 4.98 Å². The summed E-state index contributed by atoms with van der Waals surface area (Å²) in [5.74, 6) is 1.10. The van der Waals surface area contributed by atoms with E-state index in [1.165, 1.54) is 5.56 Å². The second kappa shape index (κ2) is 12.3. The van der Waals surface area contributed by atoms with Crippen LogP contribution in [0.15, 0.2) is 54.6 Å². The van der Waals surface area contributed by atoms with Crippen molar-refractivity contribution in [2.75, 3.05) is 17.2 Å². The predicted molar refractivity (Wildman–Crippen MR) is 151 cm³/mol. The Balaban J connectivity index is 1.34. The van der Waals surface area contributed by atoms with Gasteiger partial charge in [0.05, 0.1) is 28.6 Å². The summed E-state index contributed by atoms with van der Waals surface area (Å²) in [5.41, 5.74) is 4.07. The Morgan fingerprint density at radius 1 is 1.03 bits per heavy atom. The van der Waals surface area contributed by atoms with Gasteiger partial charge in [-0.05, 0) is 62.3 Å². The summed E-state index contributed by atoms with van der Waals surface area (Å²) in [6, 6.07) is 18.6. The van der Waals surface area contributed by atoms with E-state index in [-0.39, 0.29) is 18.1 Å². The molecular weight excluding hydrogens is 498 g/mol. The smallest absolute Gasteiger partial charge is 0.306 e. The number of aryl methyl sites for hydroxylation is 1. The molecule has 0 bridgehead atoms. The first-order valence-corrected chi connectivity index (χ1v) is 14.0. The Bertz CT molecular complexity index is 1370. The summed E-state index contributed by atoms with van der Waals surface area (Å²) in [6.07, 6.45) is 4.86. The fourth-order valence-corrected chi connectivity index (χ4v) is 5.63. The van der Waals surface area contributed by atoms with E-state index < -0.39 is 0 Å². The number of thiazole rings is 1. The molecule has 0 saturated heterocycles. The first-order valence-electron chi connectivity index (χ1n) is 13.2. The Morgan fingerprint density at radius 3 is 2.63 bits per heavy atom. The molecule has 5 rings (SSSR count). The van der Waals surface area contributed by atoms with Crippen LogP contribution in [-0.2, 0) is 22.4 Å². The van der Waals surface area contributed by atoms with Gasteiger partial charge in [0, 0.05) is 24.9 Å². The van der Waals surface area contributed by atoms with Crippen LogP contribution in [0.1, 0.15) is 55.8 Å². The van der Waals surface area contributed by atoms with Gasteiger partial charge in [0.25, 0.3) is 0 Å². The minimum absolute atomic E-state index is 0.178. The average Bonchev–Trinajstić information content (AvgIpc) is 3.31. The maximum absolute atomic E-state index is 11.7. The highest BCUT2D eigenvalue weighted by molar-refractivity contribution is 7.22. The van der Waals surface area contributed by atoms with E-state index in [1.54, 1.807) is 11.3 Å². The van der Waals surface area contributed by atoms with Gasteiger partial charge in [0.1, 0.15) is 5.82 Å². The number of aliphatic hydroxyl groups is 1. The Morgan fingerprint density at radius 2 is 1.84 bits per heavy atom. The third kappa shape index (κ3) is 7.05. The standard InChI is InChI=1S/C29H33N5O3S/c1-2-37-27(36)15-9-20-8-14-24-25(17-20)38-29(32-24)34-26-18-22(16-19-6-4-3-5-7-19)31-28(33-26)30-21-10-12-23(35)13-11-21/h3-8,14,17-18,21,23,35H,2,9-13,15-16H2,1H3,(H2,30,31,32,33,34)/t21-,23-. The quantitative estimate of drug-likeness (QED) is 0.226. The lowest BCUT2D eigenvalue weighted by Crippen LogP contribution is -2.29. The van der Waals surface area contributed by atoms with E-state index in [0.29, 0.717) is 37.6 Å². The highest BCUT2D eigenvalue weighted by Crippen LogP contribution is 2.30. The third-order valence-electron chi connectivity index (χ3n) is 6.65. The molecule has 1 aliphatic carbocycles. The molecule has 0 atom stereocenters. The molecule has 2 aromatic heterocycles. The topological polar surface area (TPSA) is 109 Å². The number of hydrogen-bond donors (Lipinski definition) is 3. The molecule has 2 aromatic carbocycles. The highest BCUT2D eigenvalue weighted by Gasteiger charge is 2.20. The number of ether oxygens (including phenoxy) is 1. The molecule has 4 aromatic rings. The molecule has 2 heterocycles. The summed E-state index contributed by atoms with van der Waals surface area (Å²) in [7, 11) is 0. The molecule has 0 aliphatic heterocycles. The number of rotatable bonds is 10. The van der Waals surface area contributed by atoms with E-state index in [0.717, 1.165) is 52.3 Å². The van der Waals surface area contributed by atoms with Crippen LogP contribution in [0.25, 0.3) is 10.2 Å². The molecule has 1 saturated carbocycles. The molecule has 3 N–H and O–H groups in total. The van der Waals surface area contributed by atoms with Crippen LogP contribution in [0.2, 0.25) is 0 Å². The van der Waals surface area contributed by atoms with Crippen molar-refractivity contribution in [1.82, 2.24) is 15.0 Å². The number of anilines is 3. The van der Waals surface area contributed by atoms with Gasteiger partial charge in [0.2, 0.25) is 5.95 Å². The van der Waals surface area contributed by atoms with Crippen molar-refractivity contribution in [3.05, 3.63) is 71.4 Å². The van der Waals surface area contributed by atoms with Crippen LogP contribution >= 0.6 is 11.3 Å². The van der Waals surface area contributed by atoms with Gasteiger partial charge in [-0.25, -0.2) is 9.97 Å². The first kappa shape index (κ1) is 26.1. The number of fused-ring (bicyclic) bond motifs is 1. The summed E-state index contributed by atoms with van der Waals surface area (Å²) in [4.78, 5) is 26.0. The van der Waals surface area contributed by atoms with E-state index in [2.05, 4.69) is 28.8 Å². The van der Waals surface area contributed by atoms with Crippen LogP contribution < -0.4 is 10.6 Å². The van der Waals surface area contributed by atoms with Crippen molar-refractivity contribution < 1.29 is 14.6 Å². The fourth-order valence-electron chi connectivity index (χ4n) is 4.69. The van der Waals surface area contributed by atoms with E-state index in [9.17, 15) is 9.90 Å². The minimum Gasteiger partial charge on any atom is -0.466 e. The number of aliphatic hydroxyl groups excluding tert-OH is 1. The minimum atomic E-state index is -0.208. The molecule has 8 nitrogen and oxygen atoms in total. The van der Waals surface area contributed by atoms with Gasteiger partial charge in [-0.3, -0.25) is 4.79 Å². The average molecular weight is 532 g/mol. The summed E-state index contributed by atoms with van der Waals surface area (Å²) in [6.45, 7) is 2.22. The van der Waals surface area contributed by atoms with Crippen molar-refractivity contribution in [3.63, 3.8) is 0 Å². The van der Waals surface area contributed by atoms with Crippen LogP contribution in [-0.4, -0.2) is 44.8 Å². The summed E-state index contributed by atoms with van der Waals surface area (Å²) < 4.78 is 6.09. The molecule has 198 valence electrons. The van der Waals surface area contributed by atoms with Gasteiger partial charge in [-0.15, -0.1) is 0 Å². The number of esters is 1. The number of hydrogen-bond acceptors (Lipinski definition) is 9. The number of nitrogens with one attached hydrogen (secondary N) is 2. The lowest BCUT2D eigenvalue weighted by Gasteiger charge is -2.26. The second-order valence-electron chi connectivity index (χ2n) is 9.63.